The fraction of sp³-hybridized carbons (Fsp3) is 0.385. The minimum atomic E-state index is -0.436. The monoisotopic (exact) mass is 274 g/mol. The van der Waals surface area contributed by atoms with Crippen molar-refractivity contribution in [2.24, 2.45) is 0 Å². The van der Waals surface area contributed by atoms with Gasteiger partial charge < -0.3 is 9.84 Å². The van der Waals surface area contributed by atoms with E-state index in [4.69, 9.17) is 4.52 Å². The second-order valence-corrected chi connectivity index (χ2v) is 4.90. The van der Waals surface area contributed by atoms with Crippen LogP contribution in [-0.4, -0.2) is 21.1 Å². The van der Waals surface area contributed by atoms with Crippen molar-refractivity contribution in [1.29, 1.82) is 0 Å². The summed E-state index contributed by atoms with van der Waals surface area (Å²) in [5.41, 5.74) is 1.11. The van der Waals surface area contributed by atoms with Gasteiger partial charge in [-0.05, 0) is 25.3 Å². The molecule has 1 aliphatic rings. The zero-order chi connectivity index (χ0) is 14.1. The Hall–Kier alpha value is -2.28. The Balaban J connectivity index is 1.90. The van der Waals surface area contributed by atoms with Crippen molar-refractivity contribution in [2.75, 3.05) is 0 Å². The topological polar surface area (TPSA) is 94.1 Å². The van der Waals surface area contributed by atoms with Crippen molar-refractivity contribution >= 4 is 5.69 Å². The van der Waals surface area contributed by atoms with E-state index < -0.39 is 4.92 Å². The number of benzene rings is 1. The number of nitrogens with one attached hydrogen (secondary N) is 1. The number of aromatic nitrogens is 2. The highest BCUT2D eigenvalue weighted by atomic mass is 16.6. The predicted octanol–water partition coefficient (Wildman–Crippen LogP) is 2.21. The molecule has 0 unspecified atom stereocenters. The molecule has 20 heavy (non-hydrogen) atoms. The molecule has 0 spiro atoms. The number of hydrogen-bond acceptors (Lipinski definition) is 6. The highest BCUT2D eigenvalue weighted by molar-refractivity contribution is 5.70. The number of rotatable bonds is 5. The van der Waals surface area contributed by atoms with Gasteiger partial charge >= 0.3 is 0 Å². The Labute approximate surface area is 115 Å². The quantitative estimate of drug-likeness (QED) is 0.663. The standard InChI is InChI=1S/C13H14N4O3/c1-8-3-2-4-10(17(18)19)12(8)13-15-11(16-20-13)7-14-9-5-6-9/h2-4,9,14H,5-7H2,1H3. The van der Waals surface area contributed by atoms with Crippen LogP contribution in [0.4, 0.5) is 5.69 Å². The number of nitro benzene ring substituents is 1. The van der Waals surface area contributed by atoms with Crippen LogP contribution >= 0.6 is 0 Å². The Morgan fingerprint density at radius 3 is 3.00 bits per heavy atom. The highest BCUT2D eigenvalue weighted by Crippen LogP contribution is 2.31. The van der Waals surface area contributed by atoms with Gasteiger partial charge in [-0.1, -0.05) is 17.3 Å². The smallest absolute Gasteiger partial charge is 0.282 e. The average molecular weight is 274 g/mol. The Morgan fingerprint density at radius 1 is 1.50 bits per heavy atom. The Morgan fingerprint density at radius 2 is 2.30 bits per heavy atom. The normalized spacial score (nSPS) is 14.4. The van der Waals surface area contributed by atoms with E-state index in [-0.39, 0.29) is 11.6 Å². The molecule has 0 saturated heterocycles. The molecule has 0 atom stereocenters. The zero-order valence-electron chi connectivity index (χ0n) is 11.0. The summed E-state index contributed by atoms with van der Waals surface area (Å²) in [4.78, 5) is 14.9. The number of nitro groups is 1. The van der Waals surface area contributed by atoms with E-state index in [1.807, 2.05) is 0 Å². The lowest BCUT2D eigenvalue weighted by molar-refractivity contribution is -0.384. The molecule has 1 fully saturated rings. The van der Waals surface area contributed by atoms with Gasteiger partial charge in [0.25, 0.3) is 11.6 Å². The first-order valence-electron chi connectivity index (χ1n) is 6.45. The van der Waals surface area contributed by atoms with Gasteiger partial charge in [0.05, 0.1) is 11.5 Å². The van der Waals surface area contributed by atoms with Crippen LogP contribution in [0.2, 0.25) is 0 Å². The first kappa shape index (κ1) is 12.7. The van der Waals surface area contributed by atoms with Crippen molar-refractivity contribution in [2.45, 2.75) is 32.4 Å². The van der Waals surface area contributed by atoms with E-state index in [1.165, 1.54) is 18.9 Å². The largest absolute Gasteiger partial charge is 0.334 e. The molecule has 7 nitrogen and oxygen atoms in total. The molecule has 0 radical (unpaired) electrons. The third-order valence-electron chi connectivity index (χ3n) is 3.26. The van der Waals surface area contributed by atoms with Crippen molar-refractivity contribution in [3.05, 3.63) is 39.7 Å². The molecule has 7 heteroatoms. The van der Waals surface area contributed by atoms with Crippen LogP contribution in [0.25, 0.3) is 11.5 Å². The van der Waals surface area contributed by atoms with E-state index in [2.05, 4.69) is 15.5 Å². The summed E-state index contributed by atoms with van der Waals surface area (Å²) in [5, 5.41) is 18.2. The molecule has 1 saturated carbocycles. The van der Waals surface area contributed by atoms with Crippen LogP contribution < -0.4 is 5.32 Å². The summed E-state index contributed by atoms with van der Waals surface area (Å²) in [6.45, 7) is 2.31. The van der Waals surface area contributed by atoms with E-state index in [1.54, 1.807) is 19.1 Å². The number of aryl methyl sites for hydroxylation is 1. The van der Waals surface area contributed by atoms with Crippen LogP contribution in [-0.2, 0) is 6.54 Å². The maximum absolute atomic E-state index is 11.1. The third-order valence-corrected chi connectivity index (χ3v) is 3.26. The van der Waals surface area contributed by atoms with Crippen LogP contribution in [0.15, 0.2) is 22.7 Å². The average Bonchev–Trinajstić information content (AvgIpc) is 3.14. The second kappa shape index (κ2) is 5.01. The molecule has 2 aromatic rings. The molecule has 0 bridgehead atoms. The number of hydrogen-bond donors (Lipinski definition) is 1. The summed E-state index contributed by atoms with van der Waals surface area (Å²) < 4.78 is 5.17. The van der Waals surface area contributed by atoms with E-state index in [0.29, 0.717) is 24.0 Å². The van der Waals surface area contributed by atoms with Gasteiger partial charge in [0.1, 0.15) is 5.56 Å². The Kier molecular flexibility index (Phi) is 3.19. The number of nitrogens with zero attached hydrogens (tertiary/aromatic N) is 3. The van der Waals surface area contributed by atoms with E-state index in [0.717, 1.165) is 5.56 Å². The van der Waals surface area contributed by atoms with Gasteiger partial charge in [0.2, 0.25) is 0 Å². The molecule has 3 rings (SSSR count). The molecule has 104 valence electrons. The molecular formula is C13H14N4O3. The lowest BCUT2D eigenvalue weighted by atomic mass is 10.1. The minimum Gasteiger partial charge on any atom is -0.334 e. The predicted molar refractivity (Wildman–Crippen MR) is 71.0 cm³/mol. The minimum absolute atomic E-state index is 0.0182. The maximum atomic E-state index is 11.1. The summed E-state index contributed by atoms with van der Waals surface area (Å²) in [6.07, 6.45) is 2.35. The summed E-state index contributed by atoms with van der Waals surface area (Å²) in [5.74, 6) is 0.715. The van der Waals surface area contributed by atoms with Crippen LogP contribution in [0.1, 0.15) is 24.2 Å². The molecule has 1 heterocycles. The van der Waals surface area contributed by atoms with Crippen molar-refractivity contribution in [3.8, 4) is 11.5 Å². The molecule has 1 N–H and O–H groups in total. The van der Waals surface area contributed by atoms with Gasteiger partial charge in [-0.15, -0.1) is 0 Å². The summed E-state index contributed by atoms with van der Waals surface area (Å²) in [7, 11) is 0. The van der Waals surface area contributed by atoms with Crippen molar-refractivity contribution in [1.82, 2.24) is 15.5 Å². The van der Waals surface area contributed by atoms with Gasteiger partial charge in [0.15, 0.2) is 5.82 Å². The van der Waals surface area contributed by atoms with Crippen LogP contribution in [0.5, 0.6) is 0 Å². The zero-order valence-corrected chi connectivity index (χ0v) is 11.0. The SMILES string of the molecule is Cc1cccc([N+](=O)[O-])c1-c1nc(CNC2CC2)no1. The van der Waals surface area contributed by atoms with Crippen LogP contribution in [0, 0.1) is 17.0 Å². The fourth-order valence-electron chi connectivity index (χ4n) is 2.03. The lowest BCUT2D eigenvalue weighted by Gasteiger charge is -2.01. The lowest BCUT2D eigenvalue weighted by Crippen LogP contribution is -2.16. The van der Waals surface area contributed by atoms with Gasteiger partial charge in [-0.2, -0.15) is 4.98 Å². The van der Waals surface area contributed by atoms with Gasteiger partial charge in [-0.3, -0.25) is 10.1 Å². The van der Waals surface area contributed by atoms with E-state index in [9.17, 15) is 10.1 Å². The third kappa shape index (κ3) is 2.53. The Bertz CT molecular complexity index is 649. The summed E-state index contributed by atoms with van der Waals surface area (Å²) in [6, 6.07) is 5.41. The van der Waals surface area contributed by atoms with E-state index >= 15 is 0 Å². The maximum Gasteiger partial charge on any atom is 0.282 e. The highest BCUT2D eigenvalue weighted by Gasteiger charge is 2.24. The molecule has 1 aromatic carbocycles. The van der Waals surface area contributed by atoms with Gasteiger partial charge in [0, 0.05) is 12.1 Å². The van der Waals surface area contributed by atoms with Gasteiger partial charge in [-0.25, -0.2) is 0 Å². The molecule has 0 amide bonds. The van der Waals surface area contributed by atoms with Crippen LogP contribution in [0.3, 0.4) is 0 Å². The second-order valence-electron chi connectivity index (χ2n) is 4.90. The molecular weight excluding hydrogens is 260 g/mol. The first-order valence-corrected chi connectivity index (χ1v) is 6.45. The first-order chi connectivity index (χ1) is 9.65. The van der Waals surface area contributed by atoms with Crippen molar-refractivity contribution in [3.63, 3.8) is 0 Å². The molecule has 1 aliphatic carbocycles. The summed E-state index contributed by atoms with van der Waals surface area (Å²) >= 11 is 0. The van der Waals surface area contributed by atoms with Crippen molar-refractivity contribution < 1.29 is 9.45 Å². The fourth-order valence-corrected chi connectivity index (χ4v) is 2.03. The molecule has 0 aliphatic heterocycles. The molecule has 1 aromatic heterocycles.